The van der Waals surface area contributed by atoms with Gasteiger partial charge in [-0.1, -0.05) is 0 Å². The summed E-state index contributed by atoms with van der Waals surface area (Å²) in [6.45, 7) is 3.03. The highest BCUT2D eigenvalue weighted by Crippen LogP contribution is 2.35. The molecule has 0 saturated carbocycles. The largest absolute Gasteiger partial charge is 0.349 e. The molecule has 1 atom stereocenters. The van der Waals surface area contributed by atoms with E-state index in [1.54, 1.807) is 18.2 Å². The molecule has 2 aromatic rings. The monoisotopic (exact) mass is 447 g/mol. The average molecular weight is 448 g/mol. The van der Waals surface area contributed by atoms with Crippen LogP contribution >= 0.6 is 11.3 Å². The first kappa shape index (κ1) is 20.9. The number of hydrogen-bond donors (Lipinski definition) is 1. The fraction of sp³-hybridized carbons (Fsp3) is 0.429. The number of benzene rings is 1. The Kier molecular flexibility index (Phi) is 5.59. The van der Waals surface area contributed by atoms with Crippen LogP contribution in [-0.2, 0) is 16.4 Å². The first-order valence-electron chi connectivity index (χ1n) is 9.98. The van der Waals surface area contributed by atoms with Gasteiger partial charge in [-0.15, -0.1) is 0 Å². The van der Waals surface area contributed by atoms with Gasteiger partial charge in [0, 0.05) is 41.7 Å². The molecular formula is C21H25N3O4S2. The Bertz CT molecular complexity index is 1060. The van der Waals surface area contributed by atoms with Gasteiger partial charge in [-0.25, -0.2) is 8.42 Å². The highest BCUT2D eigenvalue weighted by atomic mass is 32.2. The number of sulfonamides is 1. The molecule has 7 nitrogen and oxygen atoms in total. The van der Waals surface area contributed by atoms with Crippen molar-refractivity contribution >= 4 is 38.9 Å². The third-order valence-electron chi connectivity index (χ3n) is 5.74. The molecule has 1 N–H and O–H groups in total. The molecule has 1 fully saturated rings. The van der Waals surface area contributed by atoms with Gasteiger partial charge in [0.2, 0.25) is 10.0 Å². The van der Waals surface area contributed by atoms with Crippen molar-refractivity contribution in [1.82, 2.24) is 10.2 Å². The van der Waals surface area contributed by atoms with Crippen molar-refractivity contribution in [3.05, 3.63) is 51.7 Å². The lowest BCUT2D eigenvalue weighted by Crippen LogP contribution is -2.46. The van der Waals surface area contributed by atoms with Crippen molar-refractivity contribution < 1.29 is 18.0 Å². The van der Waals surface area contributed by atoms with E-state index in [2.05, 4.69) is 5.32 Å². The SMILES string of the molecule is CC1Cc2cc(C(=O)N3CCC(NC(=O)c4ccsc4)CC3)ccc2N1S(C)(=O)=O. The van der Waals surface area contributed by atoms with Crippen LogP contribution in [0.3, 0.4) is 0 Å². The third kappa shape index (κ3) is 4.09. The van der Waals surface area contributed by atoms with Crippen molar-refractivity contribution in [1.29, 1.82) is 0 Å². The molecule has 3 heterocycles. The van der Waals surface area contributed by atoms with E-state index in [0.717, 1.165) is 5.56 Å². The number of rotatable bonds is 4. The maximum absolute atomic E-state index is 13.0. The molecule has 2 amide bonds. The Morgan fingerprint density at radius 1 is 1.13 bits per heavy atom. The van der Waals surface area contributed by atoms with E-state index in [9.17, 15) is 18.0 Å². The van der Waals surface area contributed by atoms with Crippen molar-refractivity contribution in [2.24, 2.45) is 0 Å². The number of hydrogen-bond acceptors (Lipinski definition) is 5. The van der Waals surface area contributed by atoms with Crippen LogP contribution in [0.25, 0.3) is 0 Å². The topological polar surface area (TPSA) is 86.8 Å². The lowest BCUT2D eigenvalue weighted by molar-refractivity contribution is 0.0698. The number of likely N-dealkylation sites (tertiary alicyclic amines) is 1. The minimum absolute atomic E-state index is 0.0501. The van der Waals surface area contributed by atoms with Gasteiger partial charge in [0.25, 0.3) is 11.8 Å². The van der Waals surface area contributed by atoms with Gasteiger partial charge < -0.3 is 10.2 Å². The number of amides is 2. The predicted octanol–water partition coefficient (Wildman–Crippen LogP) is 2.49. The number of carbonyl (C=O) groups is 2. The van der Waals surface area contributed by atoms with E-state index in [-0.39, 0.29) is 23.9 Å². The van der Waals surface area contributed by atoms with E-state index >= 15 is 0 Å². The van der Waals surface area contributed by atoms with Crippen LogP contribution in [0.2, 0.25) is 0 Å². The van der Waals surface area contributed by atoms with Gasteiger partial charge in [-0.2, -0.15) is 11.3 Å². The Balaban J connectivity index is 1.39. The zero-order chi connectivity index (χ0) is 21.5. The number of thiophene rings is 1. The fourth-order valence-corrected chi connectivity index (χ4v) is 6.21. The molecule has 0 aliphatic carbocycles. The maximum Gasteiger partial charge on any atom is 0.253 e. The Labute approximate surface area is 180 Å². The first-order chi connectivity index (χ1) is 14.2. The molecule has 0 radical (unpaired) electrons. The van der Waals surface area contributed by atoms with Crippen molar-refractivity contribution in [3.63, 3.8) is 0 Å². The smallest absolute Gasteiger partial charge is 0.253 e. The summed E-state index contributed by atoms with van der Waals surface area (Å²) in [6.07, 6.45) is 3.23. The standard InChI is InChI=1S/C21H25N3O4S2/c1-14-11-17-12-15(3-4-19(17)24(14)30(2,27)28)21(26)23-8-5-18(6-9-23)22-20(25)16-7-10-29-13-16/h3-4,7,10,12-14,18H,5-6,8-9,11H2,1-2H3,(H,22,25). The van der Waals surface area contributed by atoms with Crippen molar-refractivity contribution in [2.75, 3.05) is 23.7 Å². The van der Waals surface area contributed by atoms with E-state index in [1.807, 2.05) is 28.7 Å². The maximum atomic E-state index is 13.0. The number of nitrogens with zero attached hydrogens (tertiary/aromatic N) is 2. The molecule has 2 aliphatic rings. The molecule has 4 rings (SSSR count). The van der Waals surface area contributed by atoms with E-state index in [4.69, 9.17) is 0 Å². The summed E-state index contributed by atoms with van der Waals surface area (Å²) in [4.78, 5) is 27.0. The summed E-state index contributed by atoms with van der Waals surface area (Å²) >= 11 is 1.49. The molecule has 1 saturated heterocycles. The van der Waals surface area contributed by atoms with Crippen LogP contribution in [0.1, 0.15) is 46.0 Å². The third-order valence-corrected chi connectivity index (χ3v) is 7.69. The van der Waals surface area contributed by atoms with Crippen molar-refractivity contribution in [2.45, 2.75) is 38.3 Å². The van der Waals surface area contributed by atoms with Gasteiger partial charge in [0.15, 0.2) is 0 Å². The van der Waals surface area contributed by atoms with Crippen LogP contribution in [0.4, 0.5) is 5.69 Å². The van der Waals surface area contributed by atoms with Gasteiger partial charge in [0.05, 0.1) is 11.9 Å². The fourth-order valence-electron chi connectivity index (χ4n) is 4.31. The molecule has 160 valence electrons. The van der Waals surface area contributed by atoms with E-state index in [0.29, 0.717) is 49.2 Å². The Morgan fingerprint density at radius 2 is 1.87 bits per heavy atom. The molecule has 0 bridgehead atoms. The molecule has 1 aromatic carbocycles. The van der Waals surface area contributed by atoms with Gasteiger partial charge in [-0.3, -0.25) is 13.9 Å². The lowest BCUT2D eigenvalue weighted by Gasteiger charge is -2.32. The van der Waals surface area contributed by atoms with Gasteiger partial charge in [0.1, 0.15) is 0 Å². The van der Waals surface area contributed by atoms with Crippen molar-refractivity contribution in [3.8, 4) is 0 Å². The minimum Gasteiger partial charge on any atom is -0.349 e. The second-order valence-corrected chi connectivity index (χ2v) is 10.6. The number of piperidine rings is 1. The van der Waals surface area contributed by atoms with Gasteiger partial charge in [-0.05, 0) is 61.4 Å². The highest BCUT2D eigenvalue weighted by Gasteiger charge is 2.33. The number of nitrogens with one attached hydrogen (secondary N) is 1. The number of fused-ring (bicyclic) bond motifs is 1. The predicted molar refractivity (Wildman–Crippen MR) is 118 cm³/mol. The Morgan fingerprint density at radius 3 is 2.50 bits per heavy atom. The molecule has 2 aliphatic heterocycles. The summed E-state index contributed by atoms with van der Waals surface area (Å²) in [5.74, 6) is -0.116. The number of carbonyl (C=O) groups excluding carboxylic acids is 2. The minimum atomic E-state index is -3.35. The van der Waals surface area contributed by atoms with E-state index in [1.165, 1.54) is 21.9 Å². The zero-order valence-corrected chi connectivity index (χ0v) is 18.6. The van der Waals surface area contributed by atoms with Gasteiger partial charge >= 0.3 is 0 Å². The molecular weight excluding hydrogens is 422 g/mol. The van der Waals surface area contributed by atoms with Crippen LogP contribution in [0.15, 0.2) is 35.0 Å². The highest BCUT2D eigenvalue weighted by molar-refractivity contribution is 7.92. The summed E-state index contributed by atoms with van der Waals surface area (Å²) in [5.41, 5.74) is 2.80. The second kappa shape index (κ2) is 8.03. The van der Waals surface area contributed by atoms with Crippen LogP contribution in [0, 0.1) is 0 Å². The van der Waals surface area contributed by atoms with Crippen LogP contribution in [-0.4, -0.2) is 56.6 Å². The quantitative estimate of drug-likeness (QED) is 0.780. The number of anilines is 1. The summed E-state index contributed by atoms with van der Waals surface area (Å²) < 4.78 is 25.6. The molecule has 0 spiro atoms. The Hall–Kier alpha value is -2.39. The first-order valence-corrected chi connectivity index (χ1v) is 12.8. The molecule has 1 unspecified atom stereocenters. The van der Waals surface area contributed by atoms with Crippen LogP contribution < -0.4 is 9.62 Å². The van der Waals surface area contributed by atoms with E-state index < -0.39 is 10.0 Å². The summed E-state index contributed by atoms with van der Waals surface area (Å²) in [5, 5.41) is 6.75. The lowest BCUT2D eigenvalue weighted by atomic mass is 10.0. The molecule has 9 heteroatoms. The second-order valence-electron chi connectivity index (χ2n) is 8.01. The normalized spacial score (nSPS) is 19.6. The van der Waals surface area contributed by atoms with Crippen LogP contribution in [0.5, 0.6) is 0 Å². The zero-order valence-electron chi connectivity index (χ0n) is 17.0. The average Bonchev–Trinajstić information content (AvgIpc) is 3.34. The summed E-state index contributed by atoms with van der Waals surface area (Å²) in [7, 11) is -3.35. The molecule has 30 heavy (non-hydrogen) atoms. The summed E-state index contributed by atoms with van der Waals surface area (Å²) in [6, 6.07) is 6.98. The molecule has 1 aromatic heterocycles.